The van der Waals surface area contributed by atoms with Crippen molar-refractivity contribution in [2.75, 3.05) is 19.0 Å². The van der Waals surface area contributed by atoms with Crippen molar-refractivity contribution in [1.82, 2.24) is 9.97 Å². The molecule has 0 fully saturated rings. The predicted octanol–water partition coefficient (Wildman–Crippen LogP) is 2.89. The van der Waals surface area contributed by atoms with E-state index in [0.717, 1.165) is 13.0 Å². The fourth-order valence-corrected chi connectivity index (χ4v) is 1.82. The molecule has 1 unspecified atom stereocenters. The zero-order chi connectivity index (χ0) is 14.1. The average Bonchev–Trinajstić information content (AvgIpc) is 2.47. The van der Waals surface area contributed by atoms with Crippen LogP contribution >= 0.6 is 0 Å². The number of ether oxygens (including phenoxy) is 1. The van der Waals surface area contributed by atoms with E-state index in [-0.39, 0.29) is 5.69 Å². The van der Waals surface area contributed by atoms with Crippen molar-refractivity contribution in [2.24, 2.45) is 5.92 Å². The largest absolute Gasteiger partial charge is 0.464 e. The SMILES string of the molecule is CCCCC(CC)CNc1cnc(C(=O)OC)cn1. The summed E-state index contributed by atoms with van der Waals surface area (Å²) >= 11 is 0. The van der Waals surface area contributed by atoms with Crippen LogP contribution in [0.3, 0.4) is 0 Å². The molecular formula is C14H23N3O2. The van der Waals surface area contributed by atoms with E-state index in [2.05, 4.69) is 33.9 Å². The first-order valence-electron chi connectivity index (χ1n) is 6.85. The van der Waals surface area contributed by atoms with Crippen molar-refractivity contribution in [1.29, 1.82) is 0 Å². The lowest BCUT2D eigenvalue weighted by Crippen LogP contribution is -2.15. The monoisotopic (exact) mass is 265 g/mol. The van der Waals surface area contributed by atoms with E-state index in [1.165, 1.54) is 32.6 Å². The first-order chi connectivity index (χ1) is 9.21. The van der Waals surface area contributed by atoms with Crippen LogP contribution in [0.5, 0.6) is 0 Å². The summed E-state index contributed by atoms with van der Waals surface area (Å²) in [5, 5.41) is 3.26. The molecule has 1 N–H and O–H groups in total. The quantitative estimate of drug-likeness (QED) is 0.732. The van der Waals surface area contributed by atoms with Crippen molar-refractivity contribution in [3.05, 3.63) is 18.1 Å². The third kappa shape index (κ3) is 5.24. The summed E-state index contributed by atoms with van der Waals surface area (Å²) in [5.41, 5.74) is 0.228. The molecule has 0 spiro atoms. The van der Waals surface area contributed by atoms with E-state index in [0.29, 0.717) is 11.7 Å². The topological polar surface area (TPSA) is 64.1 Å². The van der Waals surface area contributed by atoms with Crippen molar-refractivity contribution >= 4 is 11.8 Å². The number of rotatable bonds is 8. The number of unbranched alkanes of at least 4 members (excludes halogenated alkanes) is 1. The number of carbonyl (C=O) groups excluding carboxylic acids is 1. The first kappa shape index (κ1) is 15.4. The minimum atomic E-state index is -0.464. The molecular weight excluding hydrogens is 242 g/mol. The Morgan fingerprint density at radius 3 is 2.68 bits per heavy atom. The van der Waals surface area contributed by atoms with E-state index in [4.69, 9.17) is 0 Å². The Hall–Kier alpha value is -1.65. The smallest absolute Gasteiger partial charge is 0.358 e. The molecule has 0 aromatic carbocycles. The summed E-state index contributed by atoms with van der Waals surface area (Å²) < 4.78 is 4.57. The van der Waals surface area contributed by atoms with Crippen LogP contribution < -0.4 is 5.32 Å². The van der Waals surface area contributed by atoms with Gasteiger partial charge in [-0.2, -0.15) is 0 Å². The van der Waals surface area contributed by atoms with Gasteiger partial charge in [0.25, 0.3) is 0 Å². The zero-order valence-electron chi connectivity index (χ0n) is 12.0. The maximum atomic E-state index is 11.2. The summed E-state index contributed by atoms with van der Waals surface area (Å²) in [7, 11) is 1.33. The normalized spacial score (nSPS) is 11.9. The Kier molecular flexibility index (Phi) is 6.85. The van der Waals surface area contributed by atoms with Crippen LogP contribution in [0.2, 0.25) is 0 Å². The van der Waals surface area contributed by atoms with Gasteiger partial charge in [0.1, 0.15) is 5.82 Å². The lowest BCUT2D eigenvalue weighted by molar-refractivity contribution is 0.0593. The van der Waals surface area contributed by atoms with Gasteiger partial charge in [0.05, 0.1) is 19.5 Å². The van der Waals surface area contributed by atoms with Gasteiger partial charge in [0.2, 0.25) is 0 Å². The molecule has 0 aliphatic rings. The van der Waals surface area contributed by atoms with Crippen LogP contribution in [-0.2, 0) is 4.74 Å². The van der Waals surface area contributed by atoms with Crippen LogP contribution in [0.15, 0.2) is 12.4 Å². The molecule has 1 heterocycles. The Morgan fingerprint density at radius 1 is 1.37 bits per heavy atom. The van der Waals surface area contributed by atoms with Crippen LogP contribution in [-0.4, -0.2) is 29.6 Å². The maximum Gasteiger partial charge on any atom is 0.358 e. The molecule has 0 bridgehead atoms. The lowest BCUT2D eigenvalue weighted by atomic mass is 9.99. The Bertz CT molecular complexity index is 379. The van der Waals surface area contributed by atoms with Gasteiger partial charge in [-0.05, 0) is 12.3 Å². The van der Waals surface area contributed by atoms with Crippen molar-refractivity contribution in [3.8, 4) is 0 Å². The Balaban J connectivity index is 2.46. The number of anilines is 1. The van der Waals surface area contributed by atoms with Gasteiger partial charge in [0, 0.05) is 6.54 Å². The van der Waals surface area contributed by atoms with Crippen LogP contribution in [0.4, 0.5) is 5.82 Å². The van der Waals surface area contributed by atoms with Gasteiger partial charge in [-0.3, -0.25) is 0 Å². The number of hydrogen-bond donors (Lipinski definition) is 1. The second-order valence-corrected chi connectivity index (χ2v) is 4.58. The number of methoxy groups -OCH3 is 1. The number of nitrogens with one attached hydrogen (secondary N) is 1. The molecule has 5 heteroatoms. The van der Waals surface area contributed by atoms with E-state index in [1.807, 2.05) is 0 Å². The molecule has 1 aromatic rings. The van der Waals surface area contributed by atoms with Crippen LogP contribution in [0.25, 0.3) is 0 Å². The van der Waals surface area contributed by atoms with Gasteiger partial charge >= 0.3 is 5.97 Å². The molecule has 1 rings (SSSR count). The predicted molar refractivity (Wildman–Crippen MR) is 75.2 cm³/mol. The molecule has 0 saturated heterocycles. The molecule has 0 aliphatic carbocycles. The summed E-state index contributed by atoms with van der Waals surface area (Å²) in [4.78, 5) is 19.4. The molecule has 106 valence electrons. The average molecular weight is 265 g/mol. The number of hydrogen-bond acceptors (Lipinski definition) is 5. The highest BCUT2D eigenvalue weighted by atomic mass is 16.5. The highest BCUT2D eigenvalue weighted by Crippen LogP contribution is 2.13. The summed E-state index contributed by atoms with van der Waals surface area (Å²) in [5.74, 6) is 0.887. The molecule has 5 nitrogen and oxygen atoms in total. The fraction of sp³-hybridized carbons (Fsp3) is 0.643. The van der Waals surface area contributed by atoms with E-state index in [9.17, 15) is 4.79 Å². The summed E-state index contributed by atoms with van der Waals surface area (Å²) in [6.07, 6.45) is 7.87. The Labute approximate surface area is 114 Å². The highest BCUT2D eigenvalue weighted by molar-refractivity contribution is 5.86. The maximum absolute atomic E-state index is 11.2. The standard InChI is InChI=1S/C14H23N3O2/c1-4-6-7-11(5-2)8-16-13-10-15-12(9-17-13)14(18)19-3/h9-11H,4-8H2,1-3H3,(H,16,17). The highest BCUT2D eigenvalue weighted by Gasteiger charge is 2.09. The number of carbonyl (C=O) groups is 1. The number of nitrogens with zero attached hydrogens (tertiary/aromatic N) is 2. The molecule has 19 heavy (non-hydrogen) atoms. The summed E-state index contributed by atoms with van der Waals surface area (Å²) in [6.45, 7) is 5.30. The molecule has 0 radical (unpaired) electrons. The summed E-state index contributed by atoms with van der Waals surface area (Å²) in [6, 6.07) is 0. The van der Waals surface area contributed by atoms with Gasteiger partial charge < -0.3 is 10.1 Å². The van der Waals surface area contributed by atoms with Crippen LogP contribution in [0.1, 0.15) is 50.0 Å². The third-order valence-electron chi connectivity index (χ3n) is 3.16. The zero-order valence-corrected chi connectivity index (χ0v) is 12.0. The van der Waals surface area contributed by atoms with Crippen LogP contribution in [0, 0.1) is 5.92 Å². The number of esters is 1. The second kappa shape index (κ2) is 8.45. The molecule has 0 saturated carbocycles. The third-order valence-corrected chi connectivity index (χ3v) is 3.16. The van der Waals surface area contributed by atoms with Gasteiger partial charge in [-0.25, -0.2) is 14.8 Å². The second-order valence-electron chi connectivity index (χ2n) is 4.58. The van der Waals surface area contributed by atoms with E-state index < -0.39 is 5.97 Å². The molecule has 0 amide bonds. The molecule has 1 atom stereocenters. The Morgan fingerprint density at radius 2 is 2.16 bits per heavy atom. The minimum absolute atomic E-state index is 0.228. The lowest BCUT2D eigenvalue weighted by Gasteiger charge is -2.15. The molecule has 0 aliphatic heterocycles. The van der Waals surface area contributed by atoms with Gasteiger partial charge in [-0.15, -0.1) is 0 Å². The molecule has 1 aromatic heterocycles. The number of aromatic nitrogens is 2. The van der Waals surface area contributed by atoms with Crippen molar-refractivity contribution in [3.63, 3.8) is 0 Å². The van der Waals surface area contributed by atoms with Gasteiger partial charge in [0.15, 0.2) is 5.69 Å². The minimum Gasteiger partial charge on any atom is -0.464 e. The van der Waals surface area contributed by atoms with E-state index >= 15 is 0 Å². The van der Waals surface area contributed by atoms with Gasteiger partial charge in [-0.1, -0.05) is 33.1 Å². The first-order valence-corrected chi connectivity index (χ1v) is 6.85. The van der Waals surface area contributed by atoms with Crippen molar-refractivity contribution < 1.29 is 9.53 Å². The van der Waals surface area contributed by atoms with E-state index in [1.54, 1.807) is 6.20 Å². The fourth-order valence-electron chi connectivity index (χ4n) is 1.82. The van der Waals surface area contributed by atoms with Crippen molar-refractivity contribution in [2.45, 2.75) is 39.5 Å².